The Labute approximate surface area is 290 Å². The Morgan fingerprint density at radius 2 is 0.743 bits per heavy atom. The van der Waals surface area contributed by atoms with E-state index in [1.165, 1.54) is 108 Å². The Hall–Kier alpha value is 3.15. The molecule has 2 aliphatic heterocycles. The smallest absolute Gasteiger partial charge is 0.173 e. The van der Waals surface area contributed by atoms with E-state index >= 15 is 0 Å². The largest absolute Gasteiger partial charge is 1.00 e. The van der Waals surface area contributed by atoms with Crippen molar-refractivity contribution in [3.8, 4) is 0 Å². The molecule has 2 heterocycles. The highest BCUT2D eigenvalue weighted by molar-refractivity contribution is 6.84. The zero-order valence-electron chi connectivity index (χ0n) is 24.6. The van der Waals surface area contributed by atoms with Crippen molar-refractivity contribution in [2.24, 2.45) is 0 Å². The highest BCUT2D eigenvalue weighted by Crippen LogP contribution is 2.26. The van der Waals surface area contributed by atoms with Gasteiger partial charge in [-0.15, -0.1) is 0 Å². The Bertz CT molecular complexity index is 540. The molecular weight excluding hydrogens is 924 g/mol. The van der Waals surface area contributed by atoms with E-state index in [4.69, 9.17) is 4.12 Å². The molecule has 0 aromatic rings. The zero-order valence-corrected chi connectivity index (χ0v) is 35.2. The lowest BCUT2D eigenvalue weighted by atomic mass is 10.2. The Morgan fingerprint density at radius 1 is 0.486 bits per heavy atom. The molecule has 2 fully saturated rings. The number of piperazine rings is 2. The molecule has 216 valence electrons. The summed E-state index contributed by atoms with van der Waals surface area (Å²) in [6.07, 6.45) is 2.69. The van der Waals surface area contributed by atoms with Crippen LogP contribution in [0.2, 0.25) is 38.3 Å². The Kier molecular flexibility index (Phi) is 20.2. The van der Waals surface area contributed by atoms with E-state index in [0.717, 1.165) is 0 Å². The Balaban J connectivity index is -0.00000256. The number of hydrogen-bond acceptors (Lipinski definition) is 1. The van der Waals surface area contributed by atoms with Crippen LogP contribution in [0, 0.1) is 0 Å². The predicted octanol–water partition coefficient (Wildman–Crippen LogP) is -8.72. The second kappa shape index (κ2) is 16.6. The molecule has 5 nitrogen and oxygen atoms in total. The predicted molar refractivity (Wildman–Crippen MR) is 140 cm³/mol. The zero-order chi connectivity index (χ0) is 23.6. The molecule has 0 N–H and O–H groups in total. The fourth-order valence-corrected chi connectivity index (χ4v) is 14.4. The Morgan fingerprint density at radius 3 is 1.00 bits per heavy atom. The van der Waals surface area contributed by atoms with Gasteiger partial charge in [0, 0.05) is 0 Å². The number of hydrogen-bond donors (Lipinski definition) is 0. The maximum atomic E-state index is 6.99. The van der Waals surface area contributed by atoms with Crippen LogP contribution in [0.25, 0.3) is 0 Å². The van der Waals surface area contributed by atoms with Crippen molar-refractivity contribution in [1.29, 1.82) is 0 Å². The lowest BCUT2D eigenvalue weighted by Gasteiger charge is -2.45. The molecule has 0 aromatic carbocycles. The first kappa shape index (κ1) is 42.6. The normalized spacial score (nSPS) is 22.5. The van der Waals surface area contributed by atoms with Crippen molar-refractivity contribution in [1.82, 2.24) is 0 Å². The van der Waals surface area contributed by atoms with Gasteiger partial charge in [0.15, 0.2) is 16.6 Å². The van der Waals surface area contributed by atoms with Crippen LogP contribution in [0.5, 0.6) is 0 Å². The molecule has 0 bridgehead atoms. The van der Waals surface area contributed by atoms with Gasteiger partial charge in [0.1, 0.15) is 52.4 Å². The third-order valence-corrected chi connectivity index (χ3v) is 16.0. The first-order chi connectivity index (χ1) is 13.9. The summed E-state index contributed by atoms with van der Waals surface area (Å²) in [5.41, 5.74) is 0. The molecule has 11 heteroatoms. The molecule has 0 spiro atoms. The summed E-state index contributed by atoms with van der Waals surface area (Å²) < 4.78 is 11.9. The standard InChI is InChI=1S/C24H58N4OSi2.4HI/c1-25(2)15-19-27(5,20-16-25)13-11-23-30(7,8)29-31(9,10)24-12-14-28(6)21-17-26(3,4)18-22-28;;;;/h11-24H2,1-10H3;4*1H/q+4;;;;/p-4. The minimum absolute atomic E-state index is 0. The molecule has 0 aliphatic carbocycles. The van der Waals surface area contributed by atoms with E-state index in [2.05, 4.69) is 68.5 Å². The van der Waals surface area contributed by atoms with Gasteiger partial charge in [-0.25, -0.2) is 0 Å². The molecule has 0 aromatic heterocycles. The number of rotatable bonds is 10. The summed E-state index contributed by atoms with van der Waals surface area (Å²) in [5, 5.41) is 0. The van der Waals surface area contributed by atoms with Gasteiger partial charge in [-0.05, 0) is 51.1 Å². The van der Waals surface area contributed by atoms with Crippen LogP contribution in [-0.2, 0) is 4.12 Å². The van der Waals surface area contributed by atoms with Crippen molar-refractivity contribution in [3.05, 3.63) is 0 Å². The number of halogens is 4. The number of quaternary nitrogens is 4. The quantitative estimate of drug-likeness (QED) is 0.120. The lowest BCUT2D eigenvalue weighted by molar-refractivity contribution is -1.01. The second-order valence-corrected chi connectivity index (χ2v) is 23.0. The minimum Gasteiger partial charge on any atom is -1.00 e. The van der Waals surface area contributed by atoms with Gasteiger partial charge < -0.3 is 118 Å². The van der Waals surface area contributed by atoms with Gasteiger partial charge in [0.25, 0.3) is 0 Å². The first-order valence-corrected chi connectivity index (χ1v) is 19.2. The van der Waals surface area contributed by atoms with E-state index in [1.54, 1.807) is 0 Å². The fourth-order valence-electron chi connectivity index (χ4n) is 5.57. The van der Waals surface area contributed by atoms with Crippen LogP contribution in [0.1, 0.15) is 12.8 Å². The van der Waals surface area contributed by atoms with Gasteiger partial charge in [-0.2, -0.15) is 0 Å². The van der Waals surface area contributed by atoms with E-state index in [-0.39, 0.29) is 95.9 Å². The third kappa shape index (κ3) is 16.3. The van der Waals surface area contributed by atoms with Crippen molar-refractivity contribution in [3.63, 3.8) is 0 Å². The first-order valence-electron chi connectivity index (χ1n) is 13.0. The van der Waals surface area contributed by atoms with Crippen LogP contribution in [0.3, 0.4) is 0 Å². The van der Waals surface area contributed by atoms with Crippen molar-refractivity contribution in [2.75, 3.05) is 108 Å². The molecule has 0 unspecified atom stereocenters. The molecule has 2 rings (SSSR count). The van der Waals surface area contributed by atoms with Gasteiger partial charge >= 0.3 is 0 Å². The maximum absolute atomic E-state index is 6.99. The SMILES string of the molecule is C[N+]1(C)CC[N+](C)(CCC[Si](C)(C)O[Si](C)(C)CCC[N+]2(C)CC[N+](C)(C)CC2)CC1.[I-].[I-].[I-].[I-]. The maximum Gasteiger partial charge on any atom is 0.173 e. The summed E-state index contributed by atoms with van der Waals surface area (Å²) in [7, 11) is 11.4. The van der Waals surface area contributed by atoms with Crippen molar-refractivity contribution in [2.45, 2.75) is 51.1 Å². The molecule has 0 atom stereocenters. The fraction of sp³-hybridized carbons (Fsp3) is 1.00. The van der Waals surface area contributed by atoms with Crippen molar-refractivity contribution < 1.29 is 118 Å². The van der Waals surface area contributed by atoms with Gasteiger partial charge in [0.2, 0.25) is 0 Å². The van der Waals surface area contributed by atoms with E-state index in [1.807, 2.05) is 0 Å². The second-order valence-electron chi connectivity index (χ2n) is 14.2. The molecule has 2 saturated heterocycles. The summed E-state index contributed by atoms with van der Waals surface area (Å²) >= 11 is 0. The molecule has 0 saturated carbocycles. The van der Waals surface area contributed by atoms with Gasteiger partial charge in [0.05, 0.1) is 55.4 Å². The summed E-state index contributed by atoms with van der Waals surface area (Å²) in [5.74, 6) is 0. The summed E-state index contributed by atoms with van der Waals surface area (Å²) in [6, 6.07) is 2.66. The highest BCUT2D eigenvalue weighted by Gasteiger charge is 2.38. The van der Waals surface area contributed by atoms with Crippen LogP contribution in [0.15, 0.2) is 0 Å². The van der Waals surface area contributed by atoms with Gasteiger partial charge in [-0.1, -0.05) is 0 Å². The van der Waals surface area contributed by atoms with Crippen molar-refractivity contribution >= 4 is 16.6 Å². The summed E-state index contributed by atoms with van der Waals surface area (Å²) in [6.45, 7) is 23.2. The van der Waals surface area contributed by atoms with Crippen LogP contribution in [-0.4, -0.2) is 142 Å². The molecule has 0 radical (unpaired) electrons. The minimum atomic E-state index is -1.57. The van der Waals surface area contributed by atoms with E-state index in [0.29, 0.717) is 0 Å². The monoisotopic (exact) mass is 982 g/mol. The highest BCUT2D eigenvalue weighted by atomic mass is 127. The number of nitrogens with zero attached hydrogens (tertiary/aromatic N) is 4. The lowest BCUT2D eigenvalue weighted by Crippen LogP contribution is -3.00. The van der Waals surface area contributed by atoms with Crippen LogP contribution in [0.4, 0.5) is 0 Å². The number of likely N-dealkylation sites (N-methyl/N-ethyl adjacent to an activating group) is 4. The molecule has 2 aliphatic rings. The van der Waals surface area contributed by atoms with E-state index < -0.39 is 16.6 Å². The van der Waals surface area contributed by atoms with E-state index in [9.17, 15) is 0 Å². The topological polar surface area (TPSA) is 9.23 Å². The van der Waals surface area contributed by atoms with Gasteiger partial charge in [-0.3, -0.25) is 0 Å². The van der Waals surface area contributed by atoms with Crippen LogP contribution >= 0.6 is 0 Å². The molecule has 35 heavy (non-hydrogen) atoms. The van der Waals surface area contributed by atoms with Crippen LogP contribution < -0.4 is 95.9 Å². The summed E-state index contributed by atoms with van der Waals surface area (Å²) in [4.78, 5) is 0. The third-order valence-electron chi connectivity index (χ3n) is 8.49. The molecular formula is C24H58I4N4OSi2. The molecule has 0 amide bonds. The average molecular weight is 983 g/mol. The average Bonchev–Trinajstić information content (AvgIpc) is 2.60.